The molecule has 0 bridgehead atoms. The number of benzene rings is 4. The molecule has 7 nitrogen and oxygen atoms in total. The first-order chi connectivity index (χ1) is 20.0. The van der Waals surface area contributed by atoms with Crippen LogP contribution in [0.1, 0.15) is 40.6 Å². The summed E-state index contributed by atoms with van der Waals surface area (Å²) >= 11 is 3.59. The summed E-state index contributed by atoms with van der Waals surface area (Å²) in [5.41, 5.74) is 6.43. The second-order valence-corrected chi connectivity index (χ2v) is 11.0. The predicted octanol–water partition coefficient (Wildman–Crippen LogP) is 8.52. The SMILES string of the molecule is COc1cc(C=Nc2ccc([C@@H]3Nc4ccccc4[C@H]4C=CC[C@H]43)cc2)cc(Br)c1OCc1ccc([N+](=O)[O-])cc1. The Hall–Kier alpha value is -4.43. The monoisotopic (exact) mass is 609 g/mol. The molecule has 1 aliphatic heterocycles. The molecule has 6 rings (SSSR count). The number of ether oxygens (including phenoxy) is 2. The summed E-state index contributed by atoms with van der Waals surface area (Å²) in [6.07, 6.45) is 7.53. The number of para-hydroxylation sites is 1. The summed E-state index contributed by atoms with van der Waals surface area (Å²) in [4.78, 5) is 15.2. The van der Waals surface area contributed by atoms with Crippen molar-refractivity contribution in [2.75, 3.05) is 12.4 Å². The summed E-state index contributed by atoms with van der Waals surface area (Å²) < 4.78 is 12.3. The minimum absolute atomic E-state index is 0.0435. The molecule has 0 saturated heterocycles. The molecule has 1 heterocycles. The smallest absolute Gasteiger partial charge is 0.269 e. The first-order valence-electron chi connectivity index (χ1n) is 13.4. The lowest BCUT2D eigenvalue weighted by Crippen LogP contribution is -2.28. The number of methoxy groups -OCH3 is 1. The average molecular weight is 611 g/mol. The molecule has 4 aromatic carbocycles. The Morgan fingerprint density at radius 2 is 1.85 bits per heavy atom. The number of anilines is 1. The number of allylic oxidation sites excluding steroid dienone is 2. The third-order valence-electron chi connectivity index (χ3n) is 7.67. The van der Waals surface area contributed by atoms with Crippen LogP contribution >= 0.6 is 15.9 Å². The van der Waals surface area contributed by atoms with E-state index >= 15 is 0 Å². The van der Waals surface area contributed by atoms with Gasteiger partial charge in [-0.25, -0.2) is 0 Å². The Bertz CT molecular complexity index is 1630. The zero-order valence-electron chi connectivity index (χ0n) is 22.4. The van der Waals surface area contributed by atoms with Crippen LogP contribution in [0.5, 0.6) is 11.5 Å². The van der Waals surface area contributed by atoms with Crippen LogP contribution in [-0.2, 0) is 6.61 Å². The van der Waals surface area contributed by atoms with Gasteiger partial charge in [0.2, 0.25) is 0 Å². The van der Waals surface area contributed by atoms with Gasteiger partial charge in [-0.05, 0) is 93.0 Å². The molecule has 206 valence electrons. The second-order valence-electron chi connectivity index (χ2n) is 10.2. The van der Waals surface area contributed by atoms with Gasteiger partial charge in [0.05, 0.1) is 28.2 Å². The largest absolute Gasteiger partial charge is 0.493 e. The Morgan fingerprint density at radius 1 is 1.07 bits per heavy atom. The highest BCUT2D eigenvalue weighted by Gasteiger charge is 2.37. The molecule has 2 aliphatic rings. The zero-order chi connectivity index (χ0) is 28.3. The van der Waals surface area contributed by atoms with E-state index in [0.717, 1.165) is 27.7 Å². The molecule has 0 aromatic heterocycles. The van der Waals surface area contributed by atoms with Gasteiger partial charge in [-0.1, -0.05) is 42.5 Å². The van der Waals surface area contributed by atoms with Crippen molar-refractivity contribution in [2.45, 2.75) is 25.0 Å². The molecule has 1 N–H and O–H groups in total. The summed E-state index contributed by atoms with van der Waals surface area (Å²) in [6, 6.07) is 27.4. The maximum Gasteiger partial charge on any atom is 0.269 e. The summed E-state index contributed by atoms with van der Waals surface area (Å²) in [6.45, 7) is 0.242. The van der Waals surface area contributed by atoms with Crippen LogP contribution in [-0.4, -0.2) is 18.2 Å². The van der Waals surface area contributed by atoms with E-state index in [9.17, 15) is 10.1 Å². The second kappa shape index (κ2) is 11.6. The minimum Gasteiger partial charge on any atom is -0.493 e. The van der Waals surface area contributed by atoms with E-state index < -0.39 is 4.92 Å². The predicted molar refractivity (Wildman–Crippen MR) is 165 cm³/mol. The topological polar surface area (TPSA) is 86.0 Å². The third-order valence-corrected chi connectivity index (χ3v) is 8.26. The molecule has 0 radical (unpaired) electrons. The fourth-order valence-corrected chi connectivity index (χ4v) is 6.19. The van der Waals surface area contributed by atoms with Gasteiger partial charge in [-0.2, -0.15) is 0 Å². The van der Waals surface area contributed by atoms with E-state index in [1.165, 1.54) is 28.9 Å². The zero-order valence-corrected chi connectivity index (χ0v) is 24.0. The summed E-state index contributed by atoms with van der Waals surface area (Å²) in [7, 11) is 1.59. The maximum absolute atomic E-state index is 10.9. The van der Waals surface area contributed by atoms with E-state index in [2.05, 4.69) is 81.9 Å². The molecule has 3 atom stereocenters. The lowest BCUT2D eigenvalue weighted by atomic mass is 9.77. The number of fused-ring (bicyclic) bond motifs is 3. The van der Waals surface area contributed by atoms with E-state index in [1.54, 1.807) is 25.5 Å². The number of aliphatic imine (C=N–C) groups is 1. The fourth-order valence-electron chi connectivity index (χ4n) is 5.61. The van der Waals surface area contributed by atoms with Crippen LogP contribution in [0.4, 0.5) is 17.1 Å². The lowest BCUT2D eigenvalue weighted by molar-refractivity contribution is -0.384. The van der Waals surface area contributed by atoms with Crippen molar-refractivity contribution < 1.29 is 14.4 Å². The van der Waals surface area contributed by atoms with Gasteiger partial charge in [0.1, 0.15) is 6.61 Å². The Balaban J connectivity index is 1.15. The molecule has 4 aromatic rings. The van der Waals surface area contributed by atoms with Crippen molar-refractivity contribution in [1.82, 2.24) is 0 Å². The van der Waals surface area contributed by atoms with E-state index in [1.807, 2.05) is 12.1 Å². The van der Waals surface area contributed by atoms with Crippen LogP contribution in [0, 0.1) is 16.0 Å². The number of hydrogen-bond donors (Lipinski definition) is 1. The number of hydrogen-bond acceptors (Lipinski definition) is 6. The first-order valence-corrected chi connectivity index (χ1v) is 14.2. The van der Waals surface area contributed by atoms with Crippen molar-refractivity contribution in [3.05, 3.63) is 134 Å². The highest BCUT2D eigenvalue weighted by molar-refractivity contribution is 9.10. The van der Waals surface area contributed by atoms with Crippen molar-refractivity contribution in [3.63, 3.8) is 0 Å². The molecule has 0 fully saturated rings. The van der Waals surface area contributed by atoms with Gasteiger partial charge in [0.15, 0.2) is 11.5 Å². The van der Waals surface area contributed by atoms with Crippen LogP contribution in [0.2, 0.25) is 0 Å². The number of rotatable bonds is 8. The van der Waals surface area contributed by atoms with Crippen LogP contribution < -0.4 is 14.8 Å². The molecule has 0 saturated carbocycles. The quantitative estimate of drug-likeness (QED) is 0.0936. The Labute approximate surface area is 246 Å². The molecule has 0 unspecified atom stereocenters. The number of halogens is 1. The number of nitro benzene ring substituents is 1. The molecular formula is C33H28BrN3O4. The highest BCUT2D eigenvalue weighted by atomic mass is 79.9. The lowest BCUT2D eigenvalue weighted by Gasteiger charge is -2.37. The number of nitrogens with zero attached hydrogens (tertiary/aromatic N) is 2. The summed E-state index contributed by atoms with van der Waals surface area (Å²) in [5.74, 6) is 2.06. The third kappa shape index (κ3) is 5.60. The normalized spacial score (nSPS) is 18.9. The van der Waals surface area contributed by atoms with Crippen molar-refractivity contribution in [3.8, 4) is 11.5 Å². The maximum atomic E-state index is 10.9. The standard InChI is InChI=1S/C33H28BrN3O4/c1-40-31-18-22(17-29(34)33(31)41-20-21-9-15-25(16-10-21)37(38)39)19-35-24-13-11-23(12-14-24)32-28-7-4-6-26(28)27-5-2-3-8-30(27)36-32/h2-6,8-19,26,28,32,36H,7,20H2,1H3/t26-,28-,32+/m1/s1. The van der Waals surface area contributed by atoms with Gasteiger partial charge < -0.3 is 14.8 Å². The van der Waals surface area contributed by atoms with Crippen LogP contribution in [0.3, 0.4) is 0 Å². The van der Waals surface area contributed by atoms with E-state index in [-0.39, 0.29) is 18.3 Å². The number of nitrogens with one attached hydrogen (secondary N) is 1. The van der Waals surface area contributed by atoms with E-state index in [0.29, 0.717) is 23.3 Å². The molecule has 0 amide bonds. The Kier molecular flexibility index (Phi) is 7.57. The van der Waals surface area contributed by atoms with Gasteiger partial charge in [0, 0.05) is 30.0 Å². The fraction of sp³-hybridized carbons (Fsp3) is 0.182. The highest BCUT2D eigenvalue weighted by Crippen LogP contribution is 2.49. The summed E-state index contributed by atoms with van der Waals surface area (Å²) in [5, 5.41) is 14.7. The molecule has 8 heteroatoms. The van der Waals surface area contributed by atoms with E-state index in [4.69, 9.17) is 14.5 Å². The number of nitro groups is 1. The van der Waals surface area contributed by atoms with Crippen molar-refractivity contribution in [1.29, 1.82) is 0 Å². The molecule has 0 spiro atoms. The van der Waals surface area contributed by atoms with Crippen molar-refractivity contribution >= 4 is 39.2 Å². The Morgan fingerprint density at radius 3 is 2.61 bits per heavy atom. The number of non-ortho nitro benzene ring substituents is 1. The van der Waals surface area contributed by atoms with Gasteiger partial charge in [-0.3, -0.25) is 15.1 Å². The van der Waals surface area contributed by atoms with Gasteiger partial charge >= 0.3 is 0 Å². The van der Waals surface area contributed by atoms with Crippen LogP contribution in [0.25, 0.3) is 0 Å². The van der Waals surface area contributed by atoms with Crippen LogP contribution in [0.15, 0.2) is 107 Å². The molecule has 41 heavy (non-hydrogen) atoms. The van der Waals surface area contributed by atoms with Gasteiger partial charge in [0.25, 0.3) is 5.69 Å². The molecular weight excluding hydrogens is 582 g/mol. The molecule has 1 aliphatic carbocycles. The average Bonchev–Trinajstić information content (AvgIpc) is 3.50. The van der Waals surface area contributed by atoms with Crippen molar-refractivity contribution in [2.24, 2.45) is 10.9 Å². The minimum atomic E-state index is -0.422. The first kappa shape index (κ1) is 26.8. The van der Waals surface area contributed by atoms with Gasteiger partial charge in [-0.15, -0.1) is 0 Å².